The molecule has 0 radical (unpaired) electrons. The lowest BCUT2D eigenvalue weighted by Crippen LogP contribution is -2.42. The summed E-state index contributed by atoms with van der Waals surface area (Å²) in [5.74, 6) is 0. The Morgan fingerprint density at radius 3 is 2.76 bits per heavy atom. The zero-order valence-corrected chi connectivity index (χ0v) is 10.3. The lowest BCUT2D eigenvalue weighted by atomic mass is 9.93. The summed E-state index contributed by atoms with van der Waals surface area (Å²) >= 11 is 0. The summed E-state index contributed by atoms with van der Waals surface area (Å²) in [6.45, 7) is 0.910. The van der Waals surface area contributed by atoms with Crippen LogP contribution in [0.15, 0.2) is 30.3 Å². The van der Waals surface area contributed by atoms with Gasteiger partial charge < -0.3 is 15.1 Å². The van der Waals surface area contributed by atoms with Crippen LogP contribution in [0.5, 0.6) is 0 Å². The van der Waals surface area contributed by atoms with Crippen molar-refractivity contribution in [3.63, 3.8) is 0 Å². The average Bonchev–Trinajstić information content (AvgIpc) is 2.35. The number of aliphatic hydroxyl groups excluding tert-OH is 2. The van der Waals surface area contributed by atoms with Gasteiger partial charge >= 0.3 is 0 Å². The van der Waals surface area contributed by atoms with Crippen molar-refractivity contribution >= 4 is 0 Å². The molecule has 1 saturated heterocycles. The molecule has 17 heavy (non-hydrogen) atoms. The largest absolute Gasteiger partial charge is 0.393 e. The van der Waals surface area contributed by atoms with Gasteiger partial charge in [0.25, 0.3) is 0 Å². The molecule has 1 heterocycles. The first-order valence-electron chi connectivity index (χ1n) is 6.28. The van der Waals surface area contributed by atoms with Gasteiger partial charge in [0, 0.05) is 12.6 Å². The van der Waals surface area contributed by atoms with E-state index in [-0.39, 0.29) is 12.1 Å². The Kier molecular flexibility index (Phi) is 4.15. The van der Waals surface area contributed by atoms with Crippen LogP contribution in [0.25, 0.3) is 0 Å². The number of hydrogen-bond acceptors (Lipinski definition) is 3. The van der Waals surface area contributed by atoms with Crippen molar-refractivity contribution in [2.24, 2.45) is 0 Å². The van der Waals surface area contributed by atoms with E-state index >= 15 is 0 Å². The molecule has 94 valence electrons. The molecule has 3 heteroatoms. The zero-order chi connectivity index (χ0) is 12.3. The van der Waals surface area contributed by atoms with E-state index in [1.807, 2.05) is 30.3 Å². The molecule has 1 aromatic rings. The molecular formula is C14H21NO2. The highest BCUT2D eigenvalue weighted by molar-refractivity contribution is 5.17. The van der Waals surface area contributed by atoms with E-state index in [1.165, 1.54) is 0 Å². The predicted molar refractivity (Wildman–Crippen MR) is 67.7 cm³/mol. The number of rotatable bonds is 3. The van der Waals surface area contributed by atoms with Crippen molar-refractivity contribution in [3.05, 3.63) is 35.9 Å². The summed E-state index contributed by atoms with van der Waals surface area (Å²) in [4.78, 5) is 2.24. The number of aliphatic hydroxyl groups is 2. The van der Waals surface area contributed by atoms with Crippen molar-refractivity contribution < 1.29 is 10.2 Å². The predicted octanol–water partition coefficient (Wildman–Crippen LogP) is 1.57. The van der Waals surface area contributed by atoms with Crippen LogP contribution < -0.4 is 0 Å². The minimum absolute atomic E-state index is 0.209. The van der Waals surface area contributed by atoms with Crippen LogP contribution in [0, 0.1) is 0 Å². The smallest absolute Gasteiger partial charge is 0.0805 e. The number of piperidine rings is 1. The Bertz CT molecular complexity index is 341. The highest BCUT2D eigenvalue weighted by Crippen LogP contribution is 2.25. The molecule has 0 aliphatic carbocycles. The molecule has 1 fully saturated rings. The van der Waals surface area contributed by atoms with Crippen molar-refractivity contribution in [1.82, 2.24) is 4.90 Å². The minimum Gasteiger partial charge on any atom is -0.393 e. The molecule has 3 atom stereocenters. The second kappa shape index (κ2) is 5.63. The van der Waals surface area contributed by atoms with Crippen molar-refractivity contribution in [3.8, 4) is 0 Å². The Morgan fingerprint density at radius 1 is 1.35 bits per heavy atom. The summed E-state index contributed by atoms with van der Waals surface area (Å²) < 4.78 is 0. The third-order valence-corrected chi connectivity index (χ3v) is 3.66. The van der Waals surface area contributed by atoms with Crippen LogP contribution in [-0.4, -0.2) is 40.9 Å². The molecule has 3 nitrogen and oxygen atoms in total. The van der Waals surface area contributed by atoms with Gasteiger partial charge in [0.05, 0.1) is 12.2 Å². The van der Waals surface area contributed by atoms with Gasteiger partial charge in [-0.15, -0.1) is 0 Å². The van der Waals surface area contributed by atoms with Crippen molar-refractivity contribution in [2.75, 3.05) is 13.6 Å². The van der Waals surface area contributed by atoms with Gasteiger partial charge in [-0.2, -0.15) is 0 Å². The van der Waals surface area contributed by atoms with Crippen LogP contribution in [-0.2, 0) is 0 Å². The summed E-state index contributed by atoms with van der Waals surface area (Å²) in [5, 5.41) is 19.8. The van der Waals surface area contributed by atoms with Crippen molar-refractivity contribution in [1.29, 1.82) is 0 Å². The molecular weight excluding hydrogens is 214 g/mol. The van der Waals surface area contributed by atoms with Gasteiger partial charge in [0.15, 0.2) is 0 Å². The molecule has 0 amide bonds. The van der Waals surface area contributed by atoms with Gasteiger partial charge in [0.2, 0.25) is 0 Å². The van der Waals surface area contributed by atoms with Gasteiger partial charge in [-0.25, -0.2) is 0 Å². The number of hydrogen-bond donors (Lipinski definition) is 2. The highest BCUT2D eigenvalue weighted by Gasteiger charge is 2.26. The van der Waals surface area contributed by atoms with Gasteiger partial charge in [-0.1, -0.05) is 30.3 Å². The van der Waals surface area contributed by atoms with Gasteiger partial charge in [-0.05, 0) is 31.9 Å². The Morgan fingerprint density at radius 2 is 2.06 bits per heavy atom. The van der Waals surface area contributed by atoms with E-state index in [0.717, 1.165) is 24.9 Å². The van der Waals surface area contributed by atoms with Crippen molar-refractivity contribution in [2.45, 2.75) is 37.5 Å². The van der Waals surface area contributed by atoms with Crippen LogP contribution in [0.3, 0.4) is 0 Å². The summed E-state index contributed by atoms with van der Waals surface area (Å²) in [6, 6.07) is 10.0. The van der Waals surface area contributed by atoms with Gasteiger partial charge in [-0.3, -0.25) is 0 Å². The highest BCUT2D eigenvalue weighted by atomic mass is 16.3. The molecule has 0 bridgehead atoms. The van der Waals surface area contributed by atoms with E-state index in [9.17, 15) is 10.2 Å². The molecule has 0 aromatic heterocycles. The maximum Gasteiger partial charge on any atom is 0.0805 e. The molecule has 0 saturated carbocycles. The fraction of sp³-hybridized carbons (Fsp3) is 0.571. The lowest BCUT2D eigenvalue weighted by molar-refractivity contribution is 0.0297. The lowest BCUT2D eigenvalue weighted by Gasteiger charge is -2.36. The Hall–Kier alpha value is -0.900. The molecule has 2 N–H and O–H groups in total. The number of likely N-dealkylation sites (tertiary alicyclic amines) is 1. The summed E-state index contributed by atoms with van der Waals surface area (Å²) in [6.07, 6.45) is 1.65. The SMILES string of the molecule is CN1CC[C@@H](O)C[C@@H]1C[C@H](O)c1ccccc1. The van der Waals surface area contributed by atoms with Crippen LogP contribution in [0.4, 0.5) is 0 Å². The molecule has 1 aliphatic heterocycles. The maximum atomic E-state index is 10.2. The standard InChI is InChI=1S/C14H21NO2/c1-15-8-7-13(16)9-12(15)10-14(17)11-5-3-2-4-6-11/h2-6,12-14,16-17H,7-10H2,1H3/t12-,13-,14+/m1/s1. The Labute approximate surface area is 103 Å². The number of nitrogens with zero attached hydrogens (tertiary/aromatic N) is 1. The van der Waals surface area contributed by atoms with Crippen LogP contribution in [0.2, 0.25) is 0 Å². The average molecular weight is 235 g/mol. The van der Waals surface area contributed by atoms with E-state index in [0.29, 0.717) is 6.42 Å². The summed E-state index contributed by atoms with van der Waals surface area (Å²) in [7, 11) is 2.06. The zero-order valence-electron chi connectivity index (χ0n) is 10.3. The topological polar surface area (TPSA) is 43.7 Å². The molecule has 1 aromatic carbocycles. The van der Waals surface area contributed by atoms with E-state index in [2.05, 4.69) is 11.9 Å². The fourth-order valence-electron chi connectivity index (χ4n) is 2.49. The van der Waals surface area contributed by atoms with Crippen LogP contribution >= 0.6 is 0 Å². The van der Waals surface area contributed by atoms with Crippen LogP contribution in [0.1, 0.15) is 30.9 Å². The molecule has 2 rings (SSSR count). The van der Waals surface area contributed by atoms with E-state index in [4.69, 9.17) is 0 Å². The first kappa shape index (κ1) is 12.6. The second-order valence-electron chi connectivity index (χ2n) is 4.97. The fourth-order valence-corrected chi connectivity index (χ4v) is 2.49. The molecule has 0 unspecified atom stereocenters. The summed E-state index contributed by atoms with van der Waals surface area (Å²) in [5.41, 5.74) is 0.959. The van der Waals surface area contributed by atoms with E-state index < -0.39 is 6.10 Å². The number of benzene rings is 1. The quantitative estimate of drug-likeness (QED) is 0.835. The minimum atomic E-state index is -0.436. The van der Waals surface area contributed by atoms with E-state index in [1.54, 1.807) is 0 Å². The molecule has 1 aliphatic rings. The maximum absolute atomic E-state index is 10.2. The molecule has 0 spiro atoms. The first-order valence-corrected chi connectivity index (χ1v) is 6.28. The second-order valence-corrected chi connectivity index (χ2v) is 4.97. The third-order valence-electron chi connectivity index (χ3n) is 3.66. The van der Waals surface area contributed by atoms with Gasteiger partial charge in [0.1, 0.15) is 0 Å². The first-order chi connectivity index (χ1) is 8.16. The third kappa shape index (κ3) is 3.28. The Balaban J connectivity index is 1.96. The normalized spacial score (nSPS) is 27.9. The monoisotopic (exact) mass is 235 g/mol.